The average Bonchev–Trinajstić information content (AvgIpc) is 3.55. The molecule has 1 saturated heterocycles. The molecule has 0 aromatic heterocycles. The van der Waals surface area contributed by atoms with Crippen LogP contribution < -0.4 is 10.6 Å². The number of carboxylic acids is 1. The summed E-state index contributed by atoms with van der Waals surface area (Å²) in [5, 5.41) is 24.1. The van der Waals surface area contributed by atoms with Crippen LogP contribution in [0.25, 0.3) is 0 Å². The van der Waals surface area contributed by atoms with Crippen molar-refractivity contribution in [3.8, 4) is 5.75 Å². The molecule has 0 bridgehead atoms. The van der Waals surface area contributed by atoms with Gasteiger partial charge in [-0.15, -0.1) is 0 Å². The number of hydrogen-bond donors (Lipinski definition) is 4. The molecule has 1 aliphatic rings. The average molecular weight is 654 g/mol. The number of hydrogen-bond acceptors (Lipinski definition) is 6. The second kappa shape index (κ2) is 23.4. The standard InChI is InChI=1S/C37H55N3O7/c1-2-3-4-5-6-7-8-9-10-11-12-13-14-15-16-19-34(43)38-28-36(45)40-26-17-18-32(40)33(42)24-25-35(44)39-31(37(46)47)27-29-20-22-30(41)23-21-29/h6-7,9-10,20-23,31-32,41H,2-5,8,11-19,24-28H2,1H3,(H,38,43)(H,39,44)(H,46,47)/b7-6-,10-9-/t31-,32-/m0/s1. The van der Waals surface area contributed by atoms with E-state index in [2.05, 4.69) is 41.9 Å². The number of carbonyl (C=O) groups is 5. The number of rotatable bonds is 24. The molecule has 10 heteroatoms. The van der Waals surface area contributed by atoms with Gasteiger partial charge in [0.2, 0.25) is 17.7 Å². The van der Waals surface area contributed by atoms with Crippen LogP contribution >= 0.6 is 0 Å². The van der Waals surface area contributed by atoms with Crippen LogP contribution in [-0.2, 0) is 30.4 Å². The number of ketones is 1. The van der Waals surface area contributed by atoms with Crippen molar-refractivity contribution >= 4 is 29.5 Å². The number of Topliss-reactive ketones (excluding diaryl/α,β-unsaturated/α-hetero) is 1. The van der Waals surface area contributed by atoms with Gasteiger partial charge in [0.25, 0.3) is 0 Å². The summed E-state index contributed by atoms with van der Waals surface area (Å²) in [4.78, 5) is 63.6. The van der Waals surface area contributed by atoms with Crippen molar-refractivity contribution in [2.75, 3.05) is 13.1 Å². The predicted molar refractivity (Wildman–Crippen MR) is 183 cm³/mol. The van der Waals surface area contributed by atoms with Gasteiger partial charge in [-0.05, 0) is 69.1 Å². The predicted octanol–water partition coefficient (Wildman–Crippen LogP) is 5.77. The van der Waals surface area contributed by atoms with Crippen molar-refractivity contribution in [2.24, 2.45) is 0 Å². The van der Waals surface area contributed by atoms with E-state index >= 15 is 0 Å². The van der Waals surface area contributed by atoms with Crippen molar-refractivity contribution < 1.29 is 34.2 Å². The number of allylic oxidation sites excluding steroid dienone is 4. The number of nitrogens with one attached hydrogen (secondary N) is 2. The molecule has 1 heterocycles. The highest BCUT2D eigenvalue weighted by atomic mass is 16.4. The summed E-state index contributed by atoms with van der Waals surface area (Å²) in [6, 6.07) is 4.20. The van der Waals surface area contributed by atoms with Crippen molar-refractivity contribution in [1.29, 1.82) is 0 Å². The molecule has 10 nitrogen and oxygen atoms in total. The summed E-state index contributed by atoms with van der Waals surface area (Å²) in [5.74, 6) is -2.48. The second-order valence-corrected chi connectivity index (χ2v) is 12.3. The summed E-state index contributed by atoms with van der Waals surface area (Å²) in [6.07, 6.45) is 22.3. The monoisotopic (exact) mass is 653 g/mol. The molecule has 0 unspecified atom stereocenters. The zero-order valence-corrected chi connectivity index (χ0v) is 28.1. The summed E-state index contributed by atoms with van der Waals surface area (Å²) < 4.78 is 0. The van der Waals surface area contributed by atoms with E-state index in [9.17, 15) is 34.2 Å². The Balaban J connectivity index is 1.58. The first kappa shape index (κ1) is 39.2. The molecule has 1 fully saturated rings. The van der Waals surface area contributed by atoms with E-state index in [4.69, 9.17) is 0 Å². The lowest BCUT2D eigenvalue weighted by Gasteiger charge is -2.24. The van der Waals surface area contributed by atoms with Gasteiger partial charge in [-0.2, -0.15) is 0 Å². The number of carboxylic acid groups (broad SMARTS) is 1. The fraction of sp³-hybridized carbons (Fsp3) is 0.595. The maximum Gasteiger partial charge on any atom is 0.326 e. The number of aromatic hydroxyl groups is 1. The van der Waals surface area contributed by atoms with Crippen LogP contribution in [0, 0.1) is 0 Å². The van der Waals surface area contributed by atoms with Crippen LogP contribution in [0.3, 0.4) is 0 Å². The molecule has 1 aromatic rings. The molecular formula is C37H55N3O7. The van der Waals surface area contributed by atoms with E-state index < -0.39 is 24.0 Å². The number of aliphatic carboxylic acids is 1. The van der Waals surface area contributed by atoms with Gasteiger partial charge in [0, 0.05) is 32.2 Å². The number of nitrogens with zero attached hydrogens (tertiary/aromatic N) is 1. The SMILES string of the molecule is CCCCC/C=C\C/C=C\CCCCCCCC(=O)NCC(=O)N1CCC[C@H]1C(=O)CCC(=O)N[C@@H](Cc1ccc(O)cc1)C(=O)O. The van der Waals surface area contributed by atoms with E-state index in [1.165, 1.54) is 42.7 Å². The normalized spacial score (nSPS) is 15.3. The molecular weight excluding hydrogens is 598 g/mol. The quantitative estimate of drug-likeness (QED) is 0.0816. The number of unbranched alkanes of at least 4 members (excludes halogenated alkanes) is 8. The Labute approximate surface area is 280 Å². The third-order valence-corrected chi connectivity index (χ3v) is 8.34. The number of phenols is 1. The molecule has 2 rings (SSSR count). The molecule has 0 saturated carbocycles. The summed E-state index contributed by atoms with van der Waals surface area (Å²) in [5.41, 5.74) is 0.629. The van der Waals surface area contributed by atoms with Gasteiger partial charge in [-0.25, -0.2) is 4.79 Å². The van der Waals surface area contributed by atoms with Gasteiger partial charge >= 0.3 is 5.97 Å². The van der Waals surface area contributed by atoms with E-state index in [1.54, 1.807) is 12.1 Å². The Bertz CT molecular complexity index is 1180. The minimum atomic E-state index is -1.21. The topological polar surface area (TPSA) is 153 Å². The van der Waals surface area contributed by atoms with E-state index in [0.717, 1.165) is 44.9 Å². The van der Waals surface area contributed by atoms with Crippen LogP contribution in [0.5, 0.6) is 5.75 Å². The van der Waals surface area contributed by atoms with Gasteiger partial charge in [0.05, 0.1) is 12.6 Å². The Hall–Kier alpha value is -3.95. The van der Waals surface area contributed by atoms with E-state index in [0.29, 0.717) is 31.4 Å². The summed E-state index contributed by atoms with van der Waals surface area (Å²) in [7, 11) is 0. The zero-order valence-electron chi connectivity index (χ0n) is 28.1. The lowest BCUT2D eigenvalue weighted by atomic mass is 10.0. The smallest absolute Gasteiger partial charge is 0.326 e. The van der Waals surface area contributed by atoms with Gasteiger partial charge in [-0.3, -0.25) is 19.2 Å². The third-order valence-electron chi connectivity index (χ3n) is 8.34. The lowest BCUT2D eigenvalue weighted by molar-refractivity contribution is -0.142. The molecule has 0 radical (unpaired) electrons. The van der Waals surface area contributed by atoms with Crippen molar-refractivity contribution in [3.05, 3.63) is 54.1 Å². The van der Waals surface area contributed by atoms with Crippen LogP contribution in [0.15, 0.2) is 48.6 Å². The fourth-order valence-electron chi connectivity index (χ4n) is 5.60. The first-order chi connectivity index (χ1) is 22.7. The molecule has 0 spiro atoms. The minimum Gasteiger partial charge on any atom is -0.508 e. The maximum absolute atomic E-state index is 12.9. The summed E-state index contributed by atoms with van der Waals surface area (Å²) in [6.45, 7) is 2.46. The number of amides is 3. The van der Waals surface area contributed by atoms with Crippen LogP contribution in [-0.4, -0.2) is 69.8 Å². The highest BCUT2D eigenvalue weighted by molar-refractivity contribution is 5.93. The highest BCUT2D eigenvalue weighted by Crippen LogP contribution is 2.20. The number of likely N-dealkylation sites (tertiary alicyclic amines) is 1. The molecule has 260 valence electrons. The van der Waals surface area contributed by atoms with Crippen LogP contribution in [0.4, 0.5) is 0 Å². The zero-order chi connectivity index (χ0) is 34.3. The fourth-order valence-corrected chi connectivity index (χ4v) is 5.60. The minimum absolute atomic E-state index is 0.0293. The largest absolute Gasteiger partial charge is 0.508 e. The number of carbonyl (C=O) groups excluding carboxylic acids is 4. The Morgan fingerprint density at radius 1 is 0.851 bits per heavy atom. The molecule has 1 aromatic carbocycles. The lowest BCUT2D eigenvalue weighted by Crippen LogP contribution is -2.46. The number of phenolic OH excluding ortho intramolecular Hbond substituents is 1. The second-order valence-electron chi connectivity index (χ2n) is 12.3. The first-order valence-corrected chi connectivity index (χ1v) is 17.4. The van der Waals surface area contributed by atoms with E-state index in [-0.39, 0.29) is 49.2 Å². The van der Waals surface area contributed by atoms with Crippen molar-refractivity contribution in [3.63, 3.8) is 0 Å². The van der Waals surface area contributed by atoms with E-state index in [1.807, 2.05) is 0 Å². The van der Waals surface area contributed by atoms with Gasteiger partial charge in [-0.1, -0.05) is 75.5 Å². The molecule has 4 N–H and O–H groups in total. The van der Waals surface area contributed by atoms with Crippen LogP contribution in [0.2, 0.25) is 0 Å². The van der Waals surface area contributed by atoms with Crippen LogP contribution in [0.1, 0.15) is 115 Å². The third kappa shape index (κ3) is 17.0. The molecule has 47 heavy (non-hydrogen) atoms. The highest BCUT2D eigenvalue weighted by Gasteiger charge is 2.34. The van der Waals surface area contributed by atoms with Gasteiger partial charge in [0.15, 0.2) is 5.78 Å². The Morgan fingerprint density at radius 3 is 2.19 bits per heavy atom. The van der Waals surface area contributed by atoms with Crippen molar-refractivity contribution in [2.45, 2.75) is 128 Å². The van der Waals surface area contributed by atoms with Crippen molar-refractivity contribution in [1.82, 2.24) is 15.5 Å². The molecule has 3 amide bonds. The maximum atomic E-state index is 12.9. The Morgan fingerprint density at radius 2 is 1.51 bits per heavy atom. The molecule has 2 atom stereocenters. The summed E-state index contributed by atoms with van der Waals surface area (Å²) >= 11 is 0. The molecule has 0 aliphatic carbocycles. The van der Waals surface area contributed by atoms with Gasteiger partial charge < -0.3 is 25.7 Å². The molecule has 1 aliphatic heterocycles. The van der Waals surface area contributed by atoms with Gasteiger partial charge in [0.1, 0.15) is 11.8 Å². The number of benzene rings is 1. The Kier molecular flexibility index (Phi) is 19.5. The first-order valence-electron chi connectivity index (χ1n) is 17.4.